The van der Waals surface area contributed by atoms with Crippen molar-refractivity contribution in [3.05, 3.63) is 24.3 Å². The van der Waals surface area contributed by atoms with Gasteiger partial charge in [0.2, 0.25) is 5.91 Å². The Labute approximate surface area is 112 Å². The van der Waals surface area contributed by atoms with Crippen LogP contribution in [0.1, 0.15) is 6.92 Å². The summed E-state index contributed by atoms with van der Waals surface area (Å²) in [5.41, 5.74) is 0.633. The van der Waals surface area contributed by atoms with Crippen molar-refractivity contribution < 1.29 is 14.3 Å². The maximum atomic E-state index is 11.4. The van der Waals surface area contributed by atoms with Crippen LogP contribution in [-0.4, -0.2) is 38.6 Å². The van der Waals surface area contributed by atoms with Gasteiger partial charge in [-0.15, -0.1) is 0 Å². The lowest BCUT2D eigenvalue weighted by atomic mass is 10.3. The molecule has 2 amide bonds. The molecule has 3 N–H and O–H groups in total. The number of hydrogen-bond acceptors (Lipinski definition) is 4. The van der Waals surface area contributed by atoms with E-state index in [4.69, 9.17) is 4.74 Å². The summed E-state index contributed by atoms with van der Waals surface area (Å²) in [6.07, 6.45) is 0. The van der Waals surface area contributed by atoms with E-state index in [2.05, 4.69) is 16.0 Å². The van der Waals surface area contributed by atoms with Crippen LogP contribution in [0.15, 0.2) is 24.3 Å². The molecular weight excluding hydrogens is 246 g/mol. The van der Waals surface area contributed by atoms with Gasteiger partial charge in [-0.25, -0.2) is 0 Å². The predicted octanol–water partition coefficient (Wildman–Crippen LogP) is 0.359. The third-order valence-corrected chi connectivity index (χ3v) is 2.20. The lowest BCUT2D eigenvalue weighted by Gasteiger charge is -2.09. The van der Waals surface area contributed by atoms with Crippen molar-refractivity contribution in [2.24, 2.45) is 0 Å². The highest BCUT2D eigenvalue weighted by atomic mass is 16.5. The Morgan fingerprint density at radius 1 is 1.26 bits per heavy atom. The molecule has 0 spiro atoms. The fourth-order valence-electron chi connectivity index (χ4n) is 1.43. The van der Waals surface area contributed by atoms with Crippen LogP contribution in [0.4, 0.5) is 5.69 Å². The van der Waals surface area contributed by atoms with Crippen LogP contribution in [0.3, 0.4) is 0 Å². The van der Waals surface area contributed by atoms with E-state index in [0.717, 1.165) is 0 Å². The van der Waals surface area contributed by atoms with Crippen LogP contribution >= 0.6 is 0 Å². The van der Waals surface area contributed by atoms with Gasteiger partial charge in [-0.2, -0.15) is 0 Å². The zero-order chi connectivity index (χ0) is 14.1. The molecule has 0 bridgehead atoms. The third kappa shape index (κ3) is 5.87. The van der Waals surface area contributed by atoms with E-state index < -0.39 is 0 Å². The second-order valence-corrected chi connectivity index (χ2v) is 3.85. The van der Waals surface area contributed by atoms with Gasteiger partial charge in [0.25, 0.3) is 5.91 Å². The highest BCUT2D eigenvalue weighted by molar-refractivity contribution is 5.92. The molecule has 0 radical (unpaired) electrons. The fourth-order valence-corrected chi connectivity index (χ4v) is 1.43. The maximum absolute atomic E-state index is 11.4. The molecule has 19 heavy (non-hydrogen) atoms. The monoisotopic (exact) mass is 265 g/mol. The van der Waals surface area contributed by atoms with Crippen molar-refractivity contribution in [2.75, 3.05) is 32.1 Å². The molecule has 0 unspecified atom stereocenters. The van der Waals surface area contributed by atoms with Crippen LogP contribution in [0.5, 0.6) is 5.75 Å². The zero-order valence-electron chi connectivity index (χ0n) is 11.2. The van der Waals surface area contributed by atoms with Gasteiger partial charge in [0, 0.05) is 18.3 Å². The van der Waals surface area contributed by atoms with Crippen molar-refractivity contribution in [1.29, 1.82) is 0 Å². The van der Waals surface area contributed by atoms with E-state index in [0.29, 0.717) is 18.0 Å². The number of carbonyl (C=O) groups excluding carboxylic acids is 2. The summed E-state index contributed by atoms with van der Waals surface area (Å²) < 4.78 is 5.32. The summed E-state index contributed by atoms with van der Waals surface area (Å²) in [6, 6.07) is 6.91. The van der Waals surface area contributed by atoms with E-state index in [1.54, 1.807) is 31.3 Å². The Morgan fingerprint density at radius 3 is 2.74 bits per heavy atom. The maximum Gasteiger partial charge on any atom is 0.257 e. The minimum absolute atomic E-state index is 0.0399. The quantitative estimate of drug-likeness (QED) is 0.665. The first kappa shape index (κ1) is 15.0. The minimum atomic E-state index is -0.174. The lowest BCUT2D eigenvalue weighted by Crippen LogP contribution is -2.28. The molecule has 0 heterocycles. The SMILES string of the molecule is CCNC(=O)COc1cccc(NC(=O)CNC)c1. The molecule has 1 aromatic carbocycles. The number of rotatable bonds is 7. The van der Waals surface area contributed by atoms with Crippen molar-refractivity contribution >= 4 is 17.5 Å². The van der Waals surface area contributed by atoms with Gasteiger partial charge in [0.1, 0.15) is 5.75 Å². The average molecular weight is 265 g/mol. The summed E-state index contributed by atoms with van der Waals surface area (Å²) in [7, 11) is 1.70. The fraction of sp³-hybridized carbons (Fsp3) is 0.385. The normalized spacial score (nSPS) is 9.79. The molecule has 1 rings (SSSR count). The Kier molecular flexibility index (Phi) is 6.38. The van der Waals surface area contributed by atoms with Crippen molar-refractivity contribution in [2.45, 2.75) is 6.92 Å². The second-order valence-electron chi connectivity index (χ2n) is 3.85. The van der Waals surface area contributed by atoms with Crippen LogP contribution in [-0.2, 0) is 9.59 Å². The van der Waals surface area contributed by atoms with Gasteiger partial charge < -0.3 is 20.7 Å². The highest BCUT2D eigenvalue weighted by Gasteiger charge is 2.04. The van der Waals surface area contributed by atoms with Gasteiger partial charge in [0.05, 0.1) is 6.54 Å². The highest BCUT2D eigenvalue weighted by Crippen LogP contribution is 2.17. The molecule has 0 saturated carbocycles. The third-order valence-electron chi connectivity index (χ3n) is 2.20. The van der Waals surface area contributed by atoms with Crippen LogP contribution in [0, 0.1) is 0 Å². The number of carbonyl (C=O) groups is 2. The van der Waals surface area contributed by atoms with Crippen molar-refractivity contribution in [3.63, 3.8) is 0 Å². The molecule has 0 aromatic heterocycles. The molecule has 0 fully saturated rings. The summed E-state index contributed by atoms with van der Waals surface area (Å²) in [4.78, 5) is 22.6. The number of benzene rings is 1. The number of hydrogen-bond donors (Lipinski definition) is 3. The van der Waals surface area contributed by atoms with E-state index in [-0.39, 0.29) is 25.0 Å². The van der Waals surface area contributed by atoms with Gasteiger partial charge in [-0.05, 0) is 26.1 Å². The molecule has 0 aliphatic carbocycles. The minimum Gasteiger partial charge on any atom is -0.484 e. The van der Waals surface area contributed by atoms with Gasteiger partial charge in [-0.1, -0.05) is 6.07 Å². The second kappa shape index (κ2) is 8.10. The standard InChI is InChI=1S/C13H19N3O3/c1-3-15-13(18)9-19-11-6-4-5-10(7-11)16-12(17)8-14-2/h4-7,14H,3,8-9H2,1-2H3,(H,15,18)(H,16,17). The zero-order valence-corrected chi connectivity index (χ0v) is 11.2. The first-order valence-electron chi connectivity index (χ1n) is 6.09. The first-order chi connectivity index (χ1) is 9.15. The first-order valence-corrected chi connectivity index (χ1v) is 6.09. The predicted molar refractivity (Wildman–Crippen MR) is 73.2 cm³/mol. The smallest absolute Gasteiger partial charge is 0.257 e. The number of anilines is 1. The van der Waals surface area contributed by atoms with Crippen LogP contribution in [0.25, 0.3) is 0 Å². The summed E-state index contributed by atoms with van der Waals surface area (Å²) >= 11 is 0. The average Bonchev–Trinajstić information content (AvgIpc) is 2.37. The molecular formula is C13H19N3O3. The summed E-state index contributed by atoms with van der Waals surface area (Å²) in [6.45, 7) is 2.61. The Balaban J connectivity index is 2.52. The van der Waals surface area contributed by atoms with Crippen LogP contribution in [0.2, 0.25) is 0 Å². The van der Waals surface area contributed by atoms with E-state index in [9.17, 15) is 9.59 Å². The summed E-state index contributed by atoms with van der Waals surface area (Å²) in [5, 5.41) is 8.11. The number of amides is 2. The van der Waals surface area contributed by atoms with Crippen molar-refractivity contribution in [3.8, 4) is 5.75 Å². The molecule has 6 nitrogen and oxygen atoms in total. The van der Waals surface area contributed by atoms with Crippen molar-refractivity contribution in [1.82, 2.24) is 10.6 Å². The molecule has 0 saturated heterocycles. The summed E-state index contributed by atoms with van der Waals surface area (Å²) in [5.74, 6) is 0.226. The topological polar surface area (TPSA) is 79.5 Å². The molecule has 0 aliphatic rings. The molecule has 0 atom stereocenters. The molecule has 6 heteroatoms. The van der Waals surface area contributed by atoms with E-state index in [1.807, 2.05) is 6.92 Å². The molecule has 104 valence electrons. The van der Waals surface area contributed by atoms with Crippen LogP contribution < -0.4 is 20.7 Å². The lowest BCUT2D eigenvalue weighted by molar-refractivity contribution is -0.123. The largest absolute Gasteiger partial charge is 0.484 e. The Morgan fingerprint density at radius 2 is 2.05 bits per heavy atom. The molecule has 0 aliphatic heterocycles. The number of nitrogens with one attached hydrogen (secondary N) is 3. The van der Waals surface area contributed by atoms with Gasteiger partial charge in [-0.3, -0.25) is 9.59 Å². The van der Waals surface area contributed by atoms with Gasteiger partial charge >= 0.3 is 0 Å². The molecule has 1 aromatic rings. The number of likely N-dealkylation sites (N-methyl/N-ethyl adjacent to an activating group) is 2. The van der Waals surface area contributed by atoms with Gasteiger partial charge in [0.15, 0.2) is 6.61 Å². The van der Waals surface area contributed by atoms with E-state index >= 15 is 0 Å². The Hall–Kier alpha value is -2.08. The van der Waals surface area contributed by atoms with E-state index in [1.165, 1.54) is 0 Å². The number of ether oxygens (including phenoxy) is 1. The Bertz CT molecular complexity index is 435.